The predicted molar refractivity (Wildman–Crippen MR) is 74.4 cm³/mol. The number of anilines is 2. The number of hydrogen-bond donors (Lipinski definition) is 1. The third-order valence-corrected chi connectivity index (χ3v) is 3.11. The lowest BCUT2D eigenvalue weighted by Crippen LogP contribution is -2.28. The van der Waals surface area contributed by atoms with E-state index >= 15 is 0 Å². The van der Waals surface area contributed by atoms with Crippen molar-refractivity contribution in [3.8, 4) is 0 Å². The number of nitrogens with two attached hydrogens (primary N) is 1. The Bertz CT molecular complexity index is 454. The molecule has 1 aromatic carbocycles. The summed E-state index contributed by atoms with van der Waals surface area (Å²) in [7, 11) is 3.76. The van der Waals surface area contributed by atoms with Gasteiger partial charge >= 0.3 is 5.97 Å². The number of nitrogen functional groups attached to an aromatic ring is 1. The van der Waals surface area contributed by atoms with Crippen LogP contribution in [0.4, 0.5) is 11.4 Å². The second kappa shape index (κ2) is 5.93. The van der Waals surface area contributed by atoms with Crippen LogP contribution in [0.5, 0.6) is 0 Å². The number of rotatable bonds is 3. The second-order valence-corrected chi connectivity index (χ2v) is 4.92. The fraction of sp³-hybridized carbons (Fsp3) is 0.500. The van der Waals surface area contributed by atoms with E-state index < -0.39 is 0 Å². The zero-order valence-corrected chi connectivity index (χ0v) is 11.4. The van der Waals surface area contributed by atoms with Crippen molar-refractivity contribution < 1.29 is 14.3 Å². The van der Waals surface area contributed by atoms with E-state index in [4.69, 9.17) is 15.2 Å². The Kier molecular flexibility index (Phi) is 4.27. The first-order chi connectivity index (χ1) is 9.08. The van der Waals surface area contributed by atoms with Crippen LogP contribution in [-0.4, -0.2) is 39.4 Å². The van der Waals surface area contributed by atoms with Crippen molar-refractivity contribution in [2.24, 2.45) is 0 Å². The van der Waals surface area contributed by atoms with Crippen LogP contribution in [0.25, 0.3) is 0 Å². The molecule has 1 atom stereocenters. The maximum Gasteiger partial charge on any atom is 0.340 e. The highest BCUT2D eigenvalue weighted by atomic mass is 16.6. The molecule has 19 heavy (non-hydrogen) atoms. The van der Waals surface area contributed by atoms with E-state index in [1.807, 2.05) is 25.1 Å². The smallest absolute Gasteiger partial charge is 0.340 e. The van der Waals surface area contributed by atoms with Crippen LogP contribution in [0.3, 0.4) is 0 Å². The molecule has 2 rings (SSSR count). The van der Waals surface area contributed by atoms with Crippen LogP contribution in [-0.2, 0) is 9.47 Å². The molecular weight excluding hydrogens is 244 g/mol. The molecule has 0 radical (unpaired) electrons. The predicted octanol–water partition coefficient (Wildman–Crippen LogP) is 1.67. The Morgan fingerprint density at radius 1 is 1.47 bits per heavy atom. The lowest BCUT2D eigenvalue weighted by atomic mass is 10.1. The van der Waals surface area contributed by atoms with Gasteiger partial charge in [0.1, 0.15) is 6.10 Å². The minimum atomic E-state index is -0.341. The average molecular weight is 264 g/mol. The van der Waals surface area contributed by atoms with Gasteiger partial charge in [-0.05, 0) is 31.0 Å². The number of hydrogen-bond acceptors (Lipinski definition) is 5. The number of esters is 1. The van der Waals surface area contributed by atoms with E-state index in [9.17, 15) is 4.79 Å². The molecule has 1 aromatic rings. The molecule has 1 fully saturated rings. The molecule has 1 aliphatic rings. The summed E-state index contributed by atoms with van der Waals surface area (Å²) in [6, 6.07) is 5.25. The van der Waals surface area contributed by atoms with Gasteiger partial charge in [0.05, 0.1) is 17.9 Å². The summed E-state index contributed by atoms with van der Waals surface area (Å²) in [5.74, 6) is -0.341. The second-order valence-electron chi connectivity index (χ2n) is 4.92. The van der Waals surface area contributed by atoms with Crippen LogP contribution in [0.15, 0.2) is 18.2 Å². The Labute approximate surface area is 113 Å². The molecule has 104 valence electrons. The quantitative estimate of drug-likeness (QED) is 0.664. The van der Waals surface area contributed by atoms with Gasteiger partial charge in [0.2, 0.25) is 0 Å². The van der Waals surface area contributed by atoms with E-state index in [1.54, 1.807) is 12.1 Å². The Morgan fingerprint density at radius 2 is 2.26 bits per heavy atom. The van der Waals surface area contributed by atoms with Crippen molar-refractivity contribution in [2.75, 3.05) is 37.9 Å². The summed E-state index contributed by atoms with van der Waals surface area (Å²) in [6.07, 6.45) is 1.62. The summed E-state index contributed by atoms with van der Waals surface area (Å²) in [5, 5.41) is 0. The highest BCUT2D eigenvalue weighted by molar-refractivity contribution is 5.97. The molecular formula is C14H20N2O3. The number of ether oxygens (including phenoxy) is 2. The molecule has 1 heterocycles. The minimum Gasteiger partial charge on any atom is -0.456 e. The molecule has 2 N–H and O–H groups in total. The third-order valence-electron chi connectivity index (χ3n) is 3.11. The van der Waals surface area contributed by atoms with Crippen molar-refractivity contribution in [3.63, 3.8) is 0 Å². The SMILES string of the molecule is CN(C)c1ccc(N)cc1C(=O)OC1CCCOC1. The Hall–Kier alpha value is -1.75. The maximum absolute atomic E-state index is 12.2. The van der Waals surface area contributed by atoms with Crippen molar-refractivity contribution in [3.05, 3.63) is 23.8 Å². The average Bonchev–Trinajstić information content (AvgIpc) is 2.39. The van der Waals surface area contributed by atoms with Gasteiger partial charge in [0.15, 0.2) is 0 Å². The summed E-state index contributed by atoms with van der Waals surface area (Å²) in [4.78, 5) is 14.1. The molecule has 0 aromatic heterocycles. The summed E-state index contributed by atoms with van der Waals surface area (Å²) >= 11 is 0. The summed E-state index contributed by atoms with van der Waals surface area (Å²) in [6.45, 7) is 1.22. The summed E-state index contributed by atoms with van der Waals surface area (Å²) < 4.78 is 10.8. The Morgan fingerprint density at radius 3 is 2.89 bits per heavy atom. The van der Waals surface area contributed by atoms with E-state index in [0.29, 0.717) is 17.9 Å². The van der Waals surface area contributed by atoms with Crippen molar-refractivity contribution in [1.82, 2.24) is 0 Å². The number of nitrogens with zero attached hydrogens (tertiary/aromatic N) is 1. The van der Waals surface area contributed by atoms with Crippen molar-refractivity contribution >= 4 is 17.3 Å². The normalized spacial score (nSPS) is 18.9. The van der Waals surface area contributed by atoms with E-state index in [1.165, 1.54) is 0 Å². The van der Waals surface area contributed by atoms with Gasteiger partial charge in [0, 0.05) is 26.4 Å². The largest absolute Gasteiger partial charge is 0.456 e. The zero-order valence-electron chi connectivity index (χ0n) is 11.4. The first-order valence-electron chi connectivity index (χ1n) is 6.43. The maximum atomic E-state index is 12.2. The lowest BCUT2D eigenvalue weighted by molar-refractivity contribution is -0.0305. The molecule has 0 amide bonds. The van der Waals surface area contributed by atoms with Gasteiger partial charge in [-0.15, -0.1) is 0 Å². The molecule has 1 aliphatic heterocycles. The first-order valence-corrected chi connectivity index (χ1v) is 6.43. The van der Waals surface area contributed by atoms with Crippen LogP contribution >= 0.6 is 0 Å². The van der Waals surface area contributed by atoms with Gasteiger partial charge < -0.3 is 20.1 Å². The molecule has 0 bridgehead atoms. The molecule has 5 heteroatoms. The van der Waals surface area contributed by atoms with Gasteiger partial charge in [-0.25, -0.2) is 4.79 Å². The van der Waals surface area contributed by atoms with Crippen LogP contribution < -0.4 is 10.6 Å². The molecule has 1 unspecified atom stereocenters. The fourth-order valence-electron chi connectivity index (χ4n) is 2.13. The number of carbonyl (C=O) groups excluding carboxylic acids is 1. The van der Waals surface area contributed by atoms with Crippen molar-refractivity contribution in [2.45, 2.75) is 18.9 Å². The number of carbonyl (C=O) groups is 1. The topological polar surface area (TPSA) is 64.8 Å². The van der Waals surface area contributed by atoms with Gasteiger partial charge in [-0.3, -0.25) is 0 Å². The standard InChI is InChI=1S/C14H20N2O3/c1-16(2)13-6-5-10(15)8-12(13)14(17)19-11-4-3-7-18-9-11/h5-6,8,11H,3-4,7,9,15H2,1-2H3. The highest BCUT2D eigenvalue weighted by Gasteiger charge is 2.21. The monoisotopic (exact) mass is 264 g/mol. The minimum absolute atomic E-state index is 0.155. The lowest BCUT2D eigenvalue weighted by Gasteiger charge is -2.23. The first kappa shape index (κ1) is 13.7. The van der Waals surface area contributed by atoms with Crippen LogP contribution in [0, 0.1) is 0 Å². The highest BCUT2D eigenvalue weighted by Crippen LogP contribution is 2.23. The molecule has 0 aliphatic carbocycles. The third kappa shape index (κ3) is 3.38. The number of benzene rings is 1. The van der Waals surface area contributed by atoms with Crippen molar-refractivity contribution in [1.29, 1.82) is 0 Å². The molecule has 5 nitrogen and oxygen atoms in total. The molecule has 0 saturated carbocycles. The van der Waals surface area contributed by atoms with E-state index in [-0.39, 0.29) is 12.1 Å². The van der Waals surface area contributed by atoms with Gasteiger partial charge in [0.25, 0.3) is 0 Å². The van der Waals surface area contributed by atoms with Crippen LogP contribution in [0.2, 0.25) is 0 Å². The Balaban J connectivity index is 2.15. The van der Waals surface area contributed by atoms with E-state index in [0.717, 1.165) is 25.1 Å². The molecule has 0 spiro atoms. The van der Waals surface area contributed by atoms with Crippen LogP contribution in [0.1, 0.15) is 23.2 Å². The zero-order chi connectivity index (χ0) is 13.8. The molecule has 1 saturated heterocycles. The van der Waals surface area contributed by atoms with E-state index in [2.05, 4.69) is 0 Å². The van der Waals surface area contributed by atoms with Gasteiger partial charge in [-0.1, -0.05) is 0 Å². The fourth-order valence-corrected chi connectivity index (χ4v) is 2.13. The van der Waals surface area contributed by atoms with Gasteiger partial charge in [-0.2, -0.15) is 0 Å². The summed E-state index contributed by atoms with van der Waals surface area (Å²) in [5.41, 5.74) is 7.60.